The highest BCUT2D eigenvalue weighted by Crippen LogP contribution is 2.30. The van der Waals surface area contributed by atoms with Crippen molar-refractivity contribution < 1.29 is 37.0 Å². The third-order valence-electron chi connectivity index (χ3n) is 4.65. The first-order valence-corrected chi connectivity index (χ1v) is 10.3. The van der Waals surface area contributed by atoms with E-state index in [2.05, 4.69) is 0 Å². The van der Waals surface area contributed by atoms with Crippen molar-refractivity contribution in [2.45, 2.75) is 59.4 Å². The summed E-state index contributed by atoms with van der Waals surface area (Å²) in [5, 5.41) is 0. The van der Waals surface area contributed by atoms with Crippen molar-refractivity contribution in [1.29, 1.82) is 0 Å². The second-order valence-corrected chi connectivity index (χ2v) is 9.33. The zero-order chi connectivity index (χ0) is 25.0. The van der Waals surface area contributed by atoms with Crippen molar-refractivity contribution >= 4 is 17.7 Å². The zero-order valence-corrected chi connectivity index (χ0v) is 19.2. The highest BCUT2D eigenvalue weighted by Gasteiger charge is 2.33. The van der Waals surface area contributed by atoms with E-state index in [0.29, 0.717) is 16.7 Å². The lowest BCUT2D eigenvalue weighted by molar-refractivity contribution is -0.155. The van der Waals surface area contributed by atoms with Crippen molar-refractivity contribution in [3.8, 4) is 0 Å². The molecule has 0 radical (unpaired) electrons. The minimum atomic E-state index is -4.44. The van der Waals surface area contributed by atoms with Gasteiger partial charge in [0, 0.05) is 12.0 Å². The van der Waals surface area contributed by atoms with Crippen LogP contribution in [0.4, 0.5) is 13.2 Å². The van der Waals surface area contributed by atoms with Crippen LogP contribution in [-0.4, -0.2) is 23.3 Å². The minimum Gasteiger partial charge on any atom is -0.460 e. The Kier molecular flexibility index (Phi) is 7.72. The number of esters is 2. The molecular formula is C25H27F3O5. The molecule has 33 heavy (non-hydrogen) atoms. The lowest BCUT2D eigenvalue weighted by Crippen LogP contribution is -2.29. The van der Waals surface area contributed by atoms with E-state index < -0.39 is 34.7 Å². The Labute approximate surface area is 190 Å². The molecule has 2 aromatic rings. The Bertz CT molecular complexity index is 998. The number of rotatable bonds is 7. The van der Waals surface area contributed by atoms with Crippen LogP contribution in [-0.2, 0) is 27.1 Å². The number of benzene rings is 2. The molecule has 0 amide bonds. The SMILES string of the molecule is CC(C)(C)OC(=O)c1ccc(C(=O)CC(C)(C)C(=O)OCc2ccc(C(F)(F)F)cc2)cc1. The maximum Gasteiger partial charge on any atom is 0.416 e. The highest BCUT2D eigenvalue weighted by atomic mass is 19.4. The average molecular weight is 464 g/mol. The quantitative estimate of drug-likeness (QED) is 0.371. The maximum absolute atomic E-state index is 12.6. The number of carbonyl (C=O) groups is 3. The minimum absolute atomic E-state index is 0.148. The van der Waals surface area contributed by atoms with Gasteiger partial charge < -0.3 is 9.47 Å². The lowest BCUT2D eigenvalue weighted by atomic mass is 9.85. The molecule has 0 atom stereocenters. The van der Waals surface area contributed by atoms with Crippen molar-refractivity contribution in [2.75, 3.05) is 0 Å². The van der Waals surface area contributed by atoms with Gasteiger partial charge in [0.15, 0.2) is 5.78 Å². The van der Waals surface area contributed by atoms with Crippen LogP contribution >= 0.6 is 0 Å². The summed E-state index contributed by atoms with van der Waals surface area (Å²) in [6.45, 7) is 8.15. The fourth-order valence-corrected chi connectivity index (χ4v) is 2.84. The fourth-order valence-electron chi connectivity index (χ4n) is 2.84. The number of alkyl halides is 3. The number of hydrogen-bond donors (Lipinski definition) is 0. The van der Waals surface area contributed by atoms with Gasteiger partial charge in [-0.25, -0.2) is 4.79 Å². The molecule has 0 saturated heterocycles. The number of halogens is 3. The molecule has 0 aliphatic heterocycles. The normalized spacial score (nSPS) is 12.2. The van der Waals surface area contributed by atoms with E-state index in [1.54, 1.807) is 34.6 Å². The Hall–Kier alpha value is -3.16. The van der Waals surface area contributed by atoms with Crippen molar-refractivity contribution in [3.63, 3.8) is 0 Å². The van der Waals surface area contributed by atoms with Crippen LogP contribution < -0.4 is 0 Å². The monoisotopic (exact) mass is 464 g/mol. The van der Waals surface area contributed by atoms with Gasteiger partial charge in [-0.3, -0.25) is 9.59 Å². The number of hydrogen-bond acceptors (Lipinski definition) is 5. The van der Waals surface area contributed by atoms with Crippen molar-refractivity contribution in [3.05, 3.63) is 70.8 Å². The Morgan fingerprint density at radius 2 is 1.30 bits per heavy atom. The molecule has 5 nitrogen and oxygen atoms in total. The molecule has 2 rings (SSSR count). The smallest absolute Gasteiger partial charge is 0.416 e. The zero-order valence-electron chi connectivity index (χ0n) is 19.2. The summed E-state index contributed by atoms with van der Waals surface area (Å²) in [6.07, 6.45) is -4.59. The first-order valence-electron chi connectivity index (χ1n) is 10.3. The van der Waals surface area contributed by atoms with Gasteiger partial charge in [-0.2, -0.15) is 13.2 Å². The predicted molar refractivity (Wildman–Crippen MR) is 116 cm³/mol. The second kappa shape index (κ2) is 9.77. The number of ether oxygens (including phenoxy) is 2. The molecule has 0 N–H and O–H groups in total. The molecule has 0 heterocycles. The molecule has 0 aromatic heterocycles. The van der Waals surface area contributed by atoms with Crippen LogP contribution in [0, 0.1) is 5.41 Å². The van der Waals surface area contributed by atoms with Crippen LogP contribution in [0.5, 0.6) is 0 Å². The molecule has 2 aromatic carbocycles. The third kappa shape index (κ3) is 7.73. The third-order valence-corrected chi connectivity index (χ3v) is 4.65. The van der Waals surface area contributed by atoms with Crippen molar-refractivity contribution in [1.82, 2.24) is 0 Å². The highest BCUT2D eigenvalue weighted by molar-refractivity contribution is 6.00. The van der Waals surface area contributed by atoms with Gasteiger partial charge >= 0.3 is 18.1 Å². The van der Waals surface area contributed by atoms with Crippen LogP contribution in [0.2, 0.25) is 0 Å². The fraction of sp³-hybridized carbons (Fsp3) is 0.400. The Morgan fingerprint density at radius 3 is 1.79 bits per heavy atom. The summed E-state index contributed by atoms with van der Waals surface area (Å²) in [4.78, 5) is 37.2. The summed E-state index contributed by atoms with van der Waals surface area (Å²) >= 11 is 0. The van der Waals surface area contributed by atoms with E-state index in [1.165, 1.54) is 36.4 Å². The van der Waals surface area contributed by atoms with Gasteiger partial charge in [-0.05, 0) is 64.4 Å². The Morgan fingerprint density at radius 1 is 0.788 bits per heavy atom. The van der Waals surface area contributed by atoms with Crippen molar-refractivity contribution in [2.24, 2.45) is 5.41 Å². The van der Waals surface area contributed by atoms with Gasteiger partial charge in [0.1, 0.15) is 12.2 Å². The number of ketones is 1. The molecule has 0 fully saturated rings. The average Bonchev–Trinajstić information content (AvgIpc) is 2.70. The largest absolute Gasteiger partial charge is 0.460 e. The number of carbonyl (C=O) groups excluding carboxylic acids is 3. The van der Waals surface area contributed by atoms with E-state index in [1.807, 2.05) is 0 Å². The van der Waals surface area contributed by atoms with Gasteiger partial charge in [-0.15, -0.1) is 0 Å². The Balaban J connectivity index is 1.96. The van der Waals surface area contributed by atoms with Crippen LogP contribution in [0.25, 0.3) is 0 Å². The molecule has 0 saturated carbocycles. The van der Waals surface area contributed by atoms with E-state index in [0.717, 1.165) is 12.1 Å². The van der Waals surface area contributed by atoms with Crippen LogP contribution in [0.1, 0.15) is 72.9 Å². The van der Waals surface area contributed by atoms with E-state index in [4.69, 9.17) is 9.47 Å². The standard InChI is InChI=1S/C25H27F3O5/c1-23(2,3)33-21(30)18-10-8-17(9-11-18)20(29)14-24(4,5)22(31)32-15-16-6-12-19(13-7-16)25(26,27)28/h6-13H,14-15H2,1-5H3. The summed E-state index contributed by atoms with van der Waals surface area (Å²) < 4.78 is 48.4. The predicted octanol–water partition coefficient (Wildman–Crippen LogP) is 6.00. The summed E-state index contributed by atoms with van der Waals surface area (Å²) in [5.41, 5.74) is -1.57. The topological polar surface area (TPSA) is 69.7 Å². The summed E-state index contributed by atoms with van der Waals surface area (Å²) in [5.74, 6) is -1.47. The van der Waals surface area contributed by atoms with Gasteiger partial charge in [0.2, 0.25) is 0 Å². The van der Waals surface area contributed by atoms with Gasteiger partial charge in [0.05, 0.1) is 16.5 Å². The molecule has 0 aliphatic carbocycles. The molecule has 0 unspecified atom stereocenters. The van der Waals surface area contributed by atoms with Crippen LogP contribution in [0.3, 0.4) is 0 Å². The molecule has 178 valence electrons. The molecule has 8 heteroatoms. The lowest BCUT2D eigenvalue weighted by Gasteiger charge is -2.22. The summed E-state index contributed by atoms with van der Waals surface area (Å²) in [6, 6.07) is 10.3. The number of Topliss-reactive ketones (excluding diaryl/α,β-unsaturated/α-hetero) is 1. The van der Waals surface area contributed by atoms with Gasteiger partial charge in [0.25, 0.3) is 0 Å². The maximum atomic E-state index is 12.6. The molecule has 0 spiro atoms. The molecule has 0 aliphatic rings. The van der Waals surface area contributed by atoms with E-state index >= 15 is 0 Å². The first kappa shape index (κ1) is 26.1. The molecule has 0 bridgehead atoms. The summed E-state index contributed by atoms with van der Waals surface area (Å²) in [7, 11) is 0. The van der Waals surface area contributed by atoms with Crippen LogP contribution in [0.15, 0.2) is 48.5 Å². The molecular weight excluding hydrogens is 437 g/mol. The van der Waals surface area contributed by atoms with E-state index in [9.17, 15) is 27.6 Å². The van der Waals surface area contributed by atoms with E-state index in [-0.39, 0.29) is 18.8 Å². The first-order chi connectivity index (χ1) is 15.1. The second-order valence-electron chi connectivity index (χ2n) is 9.33. The van der Waals surface area contributed by atoms with Gasteiger partial charge in [-0.1, -0.05) is 24.3 Å².